The van der Waals surface area contributed by atoms with E-state index in [0.717, 1.165) is 5.56 Å². The lowest BCUT2D eigenvalue weighted by Crippen LogP contribution is -2.12. The van der Waals surface area contributed by atoms with Crippen LogP contribution in [0.3, 0.4) is 0 Å². The molecule has 5 radical (unpaired) electrons. The molecule has 4 heteroatoms. The van der Waals surface area contributed by atoms with Crippen LogP contribution in [0.1, 0.15) is 11.1 Å². The second kappa shape index (κ2) is 6.13. The number of hydrogen-bond acceptors (Lipinski definition) is 3. The van der Waals surface area contributed by atoms with Gasteiger partial charge in [0, 0.05) is 16.4 Å². The molecule has 1 fully saturated rings. The summed E-state index contributed by atoms with van der Waals surface area (Å²) >= 11 is 0. The first-order valence-corrected chi connectivity index (χ1v) is 7.98. The fourth-order valence-corrected chi connectivity index (χ4v) is 3.53. The standard InChI is InChI=1S/C18H15O3S/c1-12-5-8-14(9-6-12)22(21)18-4-2-3-15(18)16-11-13(19)7-10-17(16)20/h2-11,19-20H,1H3/t22-/m0/s1. The summed E-state index contributed by atoms with van der Waals surface area (Å²) in [5, 5.41) is 20.3. The molecule has 0 bridgehead atoms. The van der Waals surface area contributed by atoms with Crippen molar-refractivity contribution in [1.82, 2.24) is 0 Å². The zero-order valence-corrected chi connectivity index (χ0v) is 12.8. The van der Waals surface area contributed by atoms with Crippen LogP contribution in [-0.2, 0) is 10.8 Å². The maximum Gasteiger partial charge on any atom is 0.119 e. The Morgan fingerprint density at radius 2 is 1.68 bits per heavy atom. The van der Waals surface area contributed by atoms with Crippen molar-refractivity contribution >= 4 is 10.8 Å². The first-order chi connectivity index (χ1) is 10.6. The molecule has 0 aliphatic heterocycles. The van der Waals surface area contributed by atoms with Crippen LogP contribution in [0.4, 0.5) is 0 Å². The molecule has 1 saturated carbocycles. The topological polar surface area (TPSA) is 57.5 Å². The summed E-state index contributed by atoms with van der Waals surface area (Å²) in [6.45, 7) is 1.98. The summed E-state index contributed by atoms with van der Waals surface area (Å²) in [7, 11) is -1.34. The smallest absolute Gasteiger partial charge is 0.119 e. The molecular formula is C18H15O3S. The Labute approximate surface area is 133 Å². The number of aromatic hydroxyl groups is 2. The van der Waals surface area contributed by atoms with Gasteiger partial charge in [-0.3, -0.25) is 4.21 Å². The number of hydrogen-bond donors (Lipinski definition) is 2. The lowest BCUT2D eigenvalue weighted by molar-refractivity contribution is 0.456. The highest BCUT2D eigenvalue weighted by atomic mass is 32.2. The molecule has 111 valence electrons. The molecule has 3 rings (SSSR count). The Morgan fingerprint density at radius 1 is 0.955 bits per heavy atom. The molecule has 0 amide bonds. The quantitative estimate of drug-likeness (QED) is 0.855. The Morgan fingerprint density at radius 3 is 2.41 bits per heavy atom. The van der Waals surface area contributed by atoms with Crippen molar-refractivity contribution in [2.75, 3.05) is 0 Å². The van der Waals surface area contributed by atoms with Gasteiger partial charge in [0.15, 0.2) is 0 Å². The van der Waals surface area contributed by atoms with E-state index in [4.69, 9.17) is 0 Å². The van der Waals surface area contributed by atoms with Crippen molar-refractivity contribution in [1.29, 1.82) is 0 Å². The Balaban J connectivity index is 1.91. The predicted molar refractivity (Wildman–Crippen MR) is 85.8 cm³/mol. The summed E-state index contributed by atoms with van der Waals surface area (Å²) in [6, 6.07) is 11.8. The maximum atomic E-state index is 12.8. The first kappa shape index (κ1) is 15.1. The van der Waals surface area contributed by atoms with E-state index < -0.39 is 10.8 Å². The molecular weight excluding hydrogens is 296 g/mol. The van der Waals surface area contributed by atoms with Gasteiger partial charge in [-0.2, -0.15) is 0 Å². The van der Waals surface area contributed by atoms with Gasteiger partial charge in [-0.15, -0.1) is 0 Å². The first-order valence-electron chi connectivity index (χ1n) is 6.83. The van der Waals surface area contributed by atoms with Crippen molar-refractivity contribution in [2.45, 2.75) is 11.8 Å². The minimum Gasteiger partial charge on any atom is -0.508 e. The van der Waals surface area contributed by atoms with Crippen molar-refractivity contribution in [2.24, 2.45) is 0 Å². The molecule has 22 heavy (non-hydrogen) atoms. The minimum atomic E-state index is -1.34. The monoisotopic (exact) mass is 311 g/mol. The average Bonchev–Trinajstić information content (AvgIpc) is 2.99. The van der Waals surface area contributed by atoms with Crippen LogP contribution in [0.5, 0.6) is 11.5 Å². The SMILES string of the molecule is Cc1ccc([S@](=O)[C]2[CH][CH][CH][C]2c2cc(O)ccc2O)cc1. The lowest BCUT2D eigenvalue weighted by atomic mass is 9.96. The molecule has 0 unspecified atom stereocenters. The van der Waals surface area contributed by atoms with Crippen LogP contribution >= 0.6 is 0 Å². The van der Waals surface area contributed by atoms with Crippen LogP contribution in [-0.4, -0.2) is 14.4 Å². The third-order valence-electron chi connectivity index (χ3n) is 3.48. The van der Waals surface area contributed by atoms with Crippen LogP contribution < -0.4 is 0 Å². The third kappa shape index (κ3) is 2.88. The molecule has 1 aliphatic rings. The average molecular weight is 311 g/mol. The van der Waals surface area contributed by atoms with E-state index in [1.54, 1.807) is 19.3 Å². The summed E-state index contributed by atoms with van der Waals surface area (Å²) in [5.41, 5.74) is 1.58. The molecule has 2 N–H and O–H groups in total. The highest BCUT2D eigenvalue weighted by Crippen LogP contribution is 2.45. The molecule has 3 nitrogen and oxygen atoms in total. The van der Waals surface area contributed by atoms with Gasteiger partial charge >= 0.3 is 0 Å². The van der Waals surface area contributed by atoms with Crippen LogP contribution in [0.25, 0.3) is 0 Å². The van der Waals surface area contributed by atoms with Crippen LogP contribution in [0.15, 0.2) is 47.4 Å². The Hall–Kier alpha value is -1.81. The fraction of sp³-hybridized carbons (Fsp3) is 0.0556. The summed E-state index contributed by atoms with van der Waals surface area (Å²) in [6.07, 6.45) is 5.35. The summed E-state index contributed by atoms with van der Waals surface area (Å²) < 4.78 is 12.8. The highest BCUT2D eigenvalue weighted by molar-refractivity contribution is 7.88. The third-order valence-corrected chi connectivity index (χ3v) is 4.94. The van der Waals surface area contributed by atoms with Crippen molar-refractivity contribution in [3.8, 4) is 11.5 Å². The molecule has 0 saturated heterocycles. The predicted octanol–water partition coefficient (Wildman–Crippen LogP) is 3.30. The van der Waals surface area contributed by atoms with Gasteiger partial charge < -0.3 is 10.2 Å². The van der Waals surface area contributed by atoms with Gasteiger partial charge in [-0.05, 0) is 56.5 Å². The molecule has 2 aromatic carbocycles. The van der Waals surface area contributed by atoms with Gasteiger partial charge in [-0.1, -0.05) is 17.7 Å². The normalized spacial score (nSPS) is 17.7. The Bertz CT molecular complexity index is 694. The van der Waals surface area contributed by atoms with Gasteiger partial charge in [0.2, 0.25) is 0 Å². The zero-order valence-electron chi connectivity index (χ0n) is 12.0. The Kier molecular flexibility index (Phi) is 4.21. The van der Waals surface area contributed by atoms with E-state index >= 15 is 0 Å². The van der Waals surface area contributed by atoms with E-state index in [-0.39, 0.29) is 11.5 Å². The van der Waals surface area contributed by atoms with E-state index in [1.165, 1.54) is 18.2 Å². The number of rotatable bonds is 3. The van der Waals surface area contributed by atoms with E-state index in [2.05, 4.69) is 0 Å². The molecule has 1 aliphatic carbocycles. The zero-order chi connectivity index (χ0) is 15.7. The number of benzene rings is 2. The fourth-order valence-electron chi connectivity index (χ4n) is 2.32. The van der Waals surface area contributed by atoms with Crippen LogP contribution in [0.2, 0.25) is 0 Å². The molecule has 0 heterocycles. The van der Waals surface area contributed by atoms with E-state index in [9.17, 15) is 14.4 Å². The van der Waals surface area contributed by atoms with Gasteiger partial charge in [0.05, 0.1) is 16.0 Å². The number of aryl methyl sites for hydroxylation is 1. The van der Waals surface area contributed by atoms with E-state index in [1.807, 2.05) is 31.2 Å². The number of phenolic OH excluding ortho intramolecular Hbond substituents is 2. The van der Waals surface area contributed by atoms with Gasteiger partial charge in [-0.25, -0.2) is 0 Å². The molecule has 0 aromatic heterocycles. The molecule has 2 aromatic rings. The summed E-state index contributed by atoms with van der Waals surface area (Å²) in [5.74, 6) is 0.763. The minimum absolute atomic E-state index is 0.0474. The van der Waals surface area contributed by atoms with Gasteiger partial charge in [0.25, 0.3) is 0 Å². The molecule has 0 spiro atoms. The summed E-state index contributed by atoms with van der Waals surface area (Å²) in [4.78, 5) is 0.706. The van der Waals surface area contributed by atoms with Crippen molar-refractivity contribution in [3.05, 3.63) is 84.0 Å². The highest BCUT2D eigenvalue weighted by Gasteiger charge is 2.37. The van der Waals surface area contributed by atoms with Crippen molar-refractivity contribution < 1.29 is 14.4 Å². The number of phenols is 2. The second-order valence-electron chi connectivity index (χ2n) is 5.09. The molecule has 1 atom stereocenters. The van der Waals surface area contributed by atoms with Crippen LogP contribution in [0, 0.1) is 37.4 Å². The largest absolute Gasteiger partial charge is 0.508 e. The van der Waals surface area contributed by atoms with Gasteiger partial charge in [0.1, 0.15) is 11.5 Å². The second-order valence-corrected chi connectivity index (χ2v) is 6.54. The van der Waals surface area contributed by atoms with Crippen molar-refractivity contribution in [3.63, 3.8) is 0 Å². The lowest BCUT2D eigenvalue weighted by Gasteiger charge is -2.19. The van der Waals surface area contributed by atoms with E-state index in [0.29, 0.717) is 21.6 Å². The maximum absolute atomic E-state index is 12.8.